The average Bonchev–Trinajstić information content (AvgIpc) is 2.73. The second-order valence-corrected chi connectivity index (χ2v) is 5.01. The zero-order valence-corrected chi connectivity index (χ0v) is 12.6. The summed E-state index contributed by atoms with van der Waals surface area (Å²) in [4.78, 5) is 4.75. The van der Waals surface area contributed by atoms with E-state index >= 15 is 0 Å². The summed E-state index contributed by atoms with van der Waals surface area (Å²) in [6, 6.07) is 6.10. The molecule has 2 rings (SSSR count). The molecule has 20 heavy (non-hydrogen) atoms. The first-order valence-corrected chi connectivity index (χ1v) is 7.06. The lowest BCUT2D eigenvalue weighted by Crippen LogP contribution is -2.14. The van der Waals surface area contributed by atoms with Crippen LogP contribution in [0.5, 0.6) is 5.75 Å². The van der Waals surface area contributed by atoms with Crippen molar-refractivity contribution < 1.29 is 4.74 Å². The summed E-state index contributed by atoms with van der Waals surface area (Å²) in [5, 5.41) is 3.17. The van der Waals surface area contributed by atoms with Gasteiger partial charge in [-0.2, -0.15) is 0 Å². The maximum Gasteiger partial charge on any atom is 0.121 e. The molecule has 4 heteroatoms. The minimum Gasteiger partial charge on any atom is -0.494 e. The van der Waals surface area contributed by atoms with Gasteiger partial charge in [-0.1, -0.05) is 12.2 Å². The number of likely N-dealkylation sites (N-methyl/N-ethyl adjacent to an activating group) is 1. The zero-order valence-electron chi connectivity index (χ0n) is 12.6. The Kier molecular flexibility index (Phi) is 4.79. The molecule has 1 heterocycles. The zero-order chi connectivity index (χ0) is 14.5. The number of nitrogens with zero attached hydrogens (tertiary/aromatic N) is 2. The van der Waals surface area contributed by atoms with Gasteiger partial charge in [-0.15, -0.1) is 0 Å². The maximum atomic E-state index is 5.55. The number of rotatable bonds is 7. The summed E-state index contributed by atoms with van der Waals surface area (Å²) in [6.07, 6.45) is 0.905. The lowest BCUT2D eigenvalue weighted by molar-refractivity contribution is 0.340. The molecular weight excluding hydrogens is 250 g/mol. The molecule has 0 aliphatic carbocycles. The van der Waals surface area contributed by atoms with Gasteiger partial charge in [0.1, 0.15) is 11.6 Å². The van der Waals surface area contributed by atoms with E-state index in [1.54, 1.807) is 0 Å². The molecule has 1 N–H and O–H groups in total. The molecule has 0 saturated carbocycles. The van der Waals surface area contributed by atoms with E-state index in [1.165, 1.54) is 0 Å². The normalized spacial score (nSPS) is 10.9. The van der Waals surface area contributed by atoms with E-state index in [0.717, 1.165) is 47.7 Å². The third-order valence-electron chi connectivity index (χ3n) is 3.14. The number of fused-ring (bicyclic) bond motifs is 1. The van der Waals surface area contributed by atoms with Crippen LogP contribution in [0.4, 0.5) is 0 Å². The molecule has 0 fully saturated rings. The van der Waals surface area contributed by atoms with Crippen molar-refractivity contribution in [2.45, 2.75) is 26.8 Å². The lowest BCUT2D eigenvalue weighted by Gasteiger charge is -2.09. The quantitative estimate of drug-likeness (QED) is 0.788. The molecule has 0 amide bonds. The minimum absolute atomic E-state index is 0.671. The smallest absolute Gasteiger partial charge is 0.121 e. The van der Waals surface area contributed by atoms with Gasteiger partial charge >= 0.3 is 0 Å². The van der Waals surface area contributed by atoms with Crippen molar-refractivity contribution in [3.8, 4) is 5.75 Å². The van der Waals surface area contributed by atoms with Crippen LogP contribution in [0.1, 0.15) is 19.7 Å². The average molecular weight is 273 g/mol. The van der Waals surface area contributed by atoms with Gasteiger partial charge in [0.05, 0.1) is 17.6 Å². The van der Waals surface area contributed by atoms with Crippen LogP contribution in [0, 0.1) is 0 Å². The van der Waals surface area contributed by atoms with Gasteiger partial charge in [0, 0.05) is 25.6 Å². The Bertz CT molecular complexity index is 601. The van der Waals surface area contributed by atoms with Crippen molar-refractivity contribution in [3.63, 3.8) is 0 Å². The van der Waals surface area contributed by atoms with E-state index in [4.69, 9.17) is 9.72 Å². The summed E-state index contributed by atoms with van der Waals surface area (Å²) in [7, 11) is 1.96. The van der Waals surface area contributed by atoms with Crippen LogP contribution in [0.25, 0.3) is 11.0 Å². The molecule has 0 aliphatic heterocycles. The molecule has 2 aromatic rings. The molecule has 0 atom stereocenters. The lowest BCUT2D eigenvalue weighted by atomic mass is 10.2. The summed E-state index contributed by atoms with van der Waals surface area (Å²) in [5.74, 6) is 1.96. The van der Waals surface area contributed by atoms with Gasteiger partial charge < -0.3 is 14.6 Å². The fourth-order valence-electron chi connectivity index (χ4n) is 2.29. The van der Waals surface area contributed by atoms with Crippen LogP contribution >= 0.6 is 0 Å². The van der Waals surface area contributed by atoms with E-state index in [2.05, 4.69) is 22.5 Å². The Balaban J connectivity index is 2.44. The van der Waals surface area contributed by atoms with Gasteiger partial charge in [-0.05, 0) is 33.0 Å². The van der Waals surface area contributed by atoms with Crippen molar-refractivity contribution in [3.05, 3.63) is 36.2 Å². The van der Waals surface area contributed by atoms with Crippen molar-refractivity contribution in [2.75, 3.05) is 20.2 Å². The van der Waals surface area contributed by atoms with Crippen molar-refractivity contribution in [1.29, 1.82) is 0 Å². The molecule has 4 nitrogen and oxygen atoms in total. The highest BCUT2D eigenvalue weighted by molar-refractivity contribution is 5.78. The second kappa shape index (κ2) is 6.57. The summed E-state index contributed by atoms with van der Waals surface area (Å²) in [6.45, 7) is 10.4. The monoisotopic (exact) mass is 273 g/mol. The van der Waals surface area contributed by atoms with Gasteiger partial charge in [0.15, 0.2) is 0 Å². The van der Waals surface area contributed by atoms with E-state index in [9.17, 15) is 0 Å². The molecule has 1 aromatic heterocycles. The number of benzene rings is 1. The molecule has 0 aliphatic rings. The van der Waals surface area contributed by atoms with Crippen LogP contribution in [0.15, 0.2) is 30.4 Å². The predicted molar refractivity (Wildman–Crippen MR) is 83.3 cm³/mol. The van der Waals surface area contributed by atoms with Crippen LogP contribution in [-0.4, -0.2) is 29.8 Å². The predicted octanol–water partition coefficient (Wildman–Crippen LogP) is 2.77. The van der Waals surface area contributed by atoms with Crippen LogP contribution in [-0.2, 0) is 13.0 Å². The highest BCUT2D eigenvalue weighted by Gasteiger charge is 2.11. The van der Waals surface area contributed by atoms with Gasteiger partial charge in [-0.3, -0.25) is 0 Å². The highest BCUT2D eigenvalue weighted by Crippen LogP contribution is 2.23. The molecule has 0 radical (unpaired) electrons. The molecule has 108 valence electrons. The summed E-state index contributed by atoms with van der Waals surface area (Å²) in [5.41, 5.74) is 3.26. The first-order chi connectivity index (χ1) is 9.65. The number of hydrogen-bond donors (Lipinski definition) is 1. The first kappa shape index (κ1) is 14.6. The Morgan fingerprint density at radius 3 is 2.90 bits per heavy atom. The Hall–Kier alpha value is -1.81. The summed E-state index contributed by atoms with van der Waals surface area (Å²) < 4.78 is 7.79. The second-order valence-electron chi connectivity index (χ2n) is 5.01. The first-order valence-electron chi connectivity index (χ1n) is 7.06. The van der Waals surface area contributed by atoms with Crippen LogP contribution < -0.4 is 10.1 Å². The number of nitrogens with one attached hydrogen (secondary N) is 1. The Morgan fingerprint density at radius 1 is 1.45 bits per heavy atom. The largest absolute Gasteiger partial charge is 0.494 e. The molecule has 0 spiro atoms. The van der Waals surface area contributed by atoms with Crippen LogP contribution in [0.2, 0.25) is 0 Å². The summed E-state index contributed by atoms with van der Waals surface area (Å²) >= 11 is 0. The molecule has 0 bridgehead atoms. The number of hydrogen-bond acceptors (Lipinski definition) is 3. The SMILES string of the molecule is C=C(C)Cn1c(CCNC)nc2cc(OCC)ccc21. The Morgan fingerprint density at radius 2 is 2.25 bits per heavy atom. The van der Waals surface area contributed by atoms with Gasteiger partial charge in [-0.25, -0.2) is 4.98 Å². The third kappa shape index (κ3) is 3.20. The maximum absolute atomic E-state index is 5.55. The van der Waals surface area contributed by atoms with E-state index in [0.29, 0.717) is 6.61 Å². The third-order valence-corrected chi connectivity index (χ3v) is 3.14. The van der Waals surface area contributed by atoms with Crippen molar-refractivity contribution in [2.24, 2.45) is 0 Å². The van der Waals surface area contributed by atoms with Crippen molar-refractivity contribution >= 4 is 11.0 Å². The van der Waals surface area contributed by atoms with Gasteiger partial charge in [0.2, 0.25) is 0 Å². The standard InChI is InChI=1S/C16H23N3O/c1-5-20-13-6-7-15-14(10-13)18-16(8-9-17-4)19(15)11-12(2)3/h6-7,10,17H,2,5,8-9,11H2,1,3-4H3. The Labute approximate surface area is 120 Å². The van der Waals surface area contributed by atoms with Gasteiger partial charge in [0.25, 0.3) is 0 Å². The topological polar surface area (TPSA) is 39.1 Å². The minimum atomic E-state index is 0.671. The van der Waals surface area contributed by atoms with Crippen molar-refractivity contribution in [1.82, 2.24) is 14.9 Å². The van der Waals surface area contributed by atoms with Crippen LogP contribution in [0.3, 0.4) is 0 Å². The number of imidazole rings is 1. The number of aromatic nitrogens is 2. The molecule has 0 saturated heterocycles. The number of allylic oxidation sites excluding steroid dienone is 1. The molecular formula is C16H23N3O. The fourth-order valence-corrected chi connectivity index (χ4v) is 2.29. The number of ether oxygens (including phenoxy) is 1. The molecule has 1 aromatic carbocycles. The van der Waals surface area contributed by atoms with E-state index in [-0.39, 0.29) is 0 Å². The fraction of sp³-hybridized carbons (Fsp3) is 0.438. The molecule has 0 unspecified atom stereocenters. The van der Waals surface area contributed by atoms with E-state index < -0.39 is 0 Å². The highest BCUT2D eigenvalue weighted by atomic mass is 16.5. The van der Waals surface area contributed by atoms with E-state index in [1.807, 2.05) is 33.0 Å².